The first-order chi connectivity index (χ1) is 13.0. The number of non-ortho nitro benzene ring substituents is 1. The Bertz CT molecular complexity index is 994. The third kappa shape index (κ3) is 4.74. The van der Waals surface area contributed by atoms with Gasteiger partial charge in [0, 0.05) is 12.1 Å². The molecule has 2 aromatic rings. The molecule has 0 saturated carbocycles. The summed E-state index contributed by atoms with van der Waals surface area (Å²) in [5.41, 5.74) is -0.166. The van der Waals surface area contributed by atoms with Crippen molar-refractivity contribution in [2.45, 2.75) is 13.0 Å². The molecular weight excluding hydrogens is 393 g/mol. The molecule has 0 radical (unpaired) electrons. The second kappa shape index (κ2) is 8.21. The van der Waals surface area contributed by atoms with Gasteiger partial charge in [-0.1, -0.05) is 0 Å². The number of ether oxygens (including phenoxy) is 1. The van der Waals surface area contributed by atoms with E-state index in [4.69, 9.17) is 4.74 Å². The van der Waals surface area contributed by atoms with Crippen molar-refractivity contribution in [3.63, 3.8) is 0 Å². The molecule has 0 bridgehead atoms. The number of amides is 1. The van der Waals surface area contributed by atoms with Crippen LogP contribution in [0.3, 0.4) is 0 Å². The topological polar surface area (TPSA) is 119 Å². The van der Waals surface area contributed by atoms with E-state index in [2.05, 4.69) is 5.32 Å². The van der Waals surface area contributed by atoms with Crippen molar-refractivity contribution in [3.8, 4) is 5.75 Å². The molecule has 0 fully saturated rings. The van der Waals surface area contributed by atoms with Crippen molar-refractivity contribution < 1.29 is 27.3 Å². The van der Waals surface area contributed by atoms with Gasteiger partial charge < -0.3 is 10.1 Å². The number of benzene rings is 2. The molecule has 0 aliphatic heterocycles. The maximum atomic E-state index is 13.2. The molecule has 9 nitrogen and oxygen atoms in total. The Kier molecular flexibility index (Phi) is 6.19. The fourth-order valence-electron chi connectivity index (χ4n) is 2.54. The van der Waals surface area contributed by atoms with E-state index in [9.17, 15) is 27.7 Å². The molecule has 1 N–H and O–H groups in total. The van der Waals surface area contributed by atoms with Crippen LogP contribution in [0.15, 0.2) is 42.5 Å². The Labute approximate surface area is 160 Å². The highest BCUT2D eigenvalue weighted by Gasteiger charge is 2.30. The number of hydrogen-bond donors (Lipinski definition) is 1. The van der Waals surface area contributed by atoms with E-state index in [0.29, 0.717) is 0 Å². The van der Waals surface area contributed by atoms with Crippen LogP contribution in [0.25, 0.3) is 0 Å². The highest BCUT2D eigenvalue weighted by Crippen LogP contribution is 2.30. The minimum atomic E-state index is -3.89. The molecule has 0 aliphatic rings. The van der Waals surface area contributed by atoms with Gasteiger partial charge in [0.05, 0.1) is 29.7 Å². The number of nitrogens with zero attached hydrogens (tertiary/aromatic N) is 2. The number of nitro benzene ring substituents is 1. The molecule has 0 aliphatic carbocycles. The molecule has 1 amide bonds. The van der Waals surface area contributed by atoms with Crippen LogP contribution in [-0.2, 0) is 14.8 Å². The smallest absolute Gasteiger partial charge is 0.271 e. The number of halogens is 1. The zero-order valence-electron chi connectivity index (χ0n) is 15.2. The van der Waals surface area contributed by atoms with Gasteiger partial charge in [-0.05, 0) is 37.3 Å². The summed E-state index contributed by atoms with van der Waals surface area (Å²) in [5.74, 6) is -1.15. The van der Waals surface area contributed by atoms with Crippen LogP contribution >= 0.6 is 0 Å². The van der Waals surface area contributed by atoms with Crippen LogP contribution in [0, 0.1) is 15.9 Å². The Morgan fingerprint density at radius 2 is 1.86 bits per heavy atom. The Morgan fingerprint density at radius 3 is 2.36 bits per heavy atom. The van der Waals surface area contributed by atoms with Gasteiger partial charge in [0.2, 0.25) is 15.9 Å². The minimum absolute atomic E-state index is 0.0149. The fourth-order valence-corrected chi connectivity index (χ4v) is 3.72. The second-order valence-corrected chi connectivity index (χ2v) is 7.70. The standard InChI is InChI=1S/C17H18FN3O6S/c1-11(20(28(3,25)26)13-6-4-12(18)5-7-13)17(22)19-15-10-14(21(23)24)8-9-16(15)27-2/h4-11H,1-3H3,(H,19,22)/t11-/m0/s1. The summed E-state index contributed by atoms with van der Waals surface area (Å²) in [4.78, 5) is 23.0. The summed E-state index contributed by atoms with van der Waals surface area (Å²) in [5, 5.41) is 13.4. The van der Waals surface area contributed by atoms with Gasteiger partial charge in [-0.15, -0.1) is 0 Å². The van der Waals surface area contributed by atoms with Crippen LogP contribution in [-0.4, -0.2) is 38.7 Å². The van der Waals surface area contributed by atoms with Crippen molar-refractivity contribution in [3.05, 3.63) is 58.4 Å². The molecule has 0 aromatic heterocycles. The number of methoxy groups -OCH3 is 1. The quantitative estimate of drug-likeness (QED) is 0.552. The zero-order chi connectivity index (χ0) is 21.1. The monoisotopic (exact) mass is 411 g/mol. The van der Waals surface area contributed by atoms with Crippen LogP contribution in [0.4, 0.5) is 21.5 Å². The Morgan fingerprint density at radius 1 is 1.25 bits per heavy atom. The molecule has 1 atom stereocenters. The third-order valence-corrected chi connectivity index (χ3v) is 5.06. The summed E-state index contributed by atoms with van der Waals surface area (Å²) in [6.45, 7) is 1.34. The van der Waals surface area contributed by atoms with Gasteiger partial charge in [0.25, 0.3) is 5.69 Å². The van der Waals surface area contributed by atoms with E-state index < -0.39 is 32.7 Å². The minimum Gasteiger partial charge on any atom is -0.495 e. The van der Waals surface area contributed by atoms with Gasteiger partial charge in [0.1, 0.15) is 17.6 Å². The van der Waals surface area contributed by atoms with E-state index >= 15 is 0 Å². The molecule has 11 heteroatoms. The summed E-state index contributed by atoms with van der Waals surface area (Å²) in [6, 6.07) is 6.99. The normalized spacial score (nSPS) is 12.1. The number of anilines is 2. The van der Waals surface area contributed by atoms with E-state index in [0.717, 1.165) is 28.8 Å². The van der Waals surface area contributed by atoms with Crippen LogP contribution in [0.5, 0.6) is 5.75 Å². The lowest BCUT2D eigenvalue weighted by Gasteiger charge is -2.28. The van der Waals surface area contributed by atoms with Gasteiger partial charge in [-0.25, -0.2) is 12.8 Å². The van der Waals surface area contributed by atoms with Crippen LogP contribution < -0.4 is 14.4 Å². The zero-order valence-corrected chi connectivity index (χ0v) is 16.1. The number of nitro groups is 1. The molecule has 0 spiro atoms. The Hall–Kier alpha value is -3.21. The van der Waals surface area contributed by atoms with Gasteiger partial charge >= 0.3 is 0 Å². The summed E-state index contributed by atoms with van der Waals surface area (Å²) in [7, 11) is -2.57. The number of nitrogens with one attached hydrogen (secondary N) is 1. The van der Waals surface area contributed by atoms with Crippen molar-refractivity contribution in [2.75, 3.05) is 23.0 Å². The van der Waals surface area contributed by atoms with Crippen molar-refractivity contribution in [1.82, 2.24) is 0 Å². The average molecular weight is 411 g/mol. The predicted molar refractivity (Wildman–Crippen MR) is 101 cm³/mol. The molecule has 150 valence electrons. The number of carbonyl (C=O) groups is 1. The van der Waals surface area contributed by atoms with E-state index in [-0.39, 0.29) is 22.8 Å². The molecule has 0 unspecified atom stereocenters. The number of sulfonamides is 1. The first-order valence-electron chi connectivity index (χ1n) is 7.93. The highest BCUT2D eigenvalue weighted by atomic mass is 32.2. The maximum Gasteiger partial charge on any atom is 0.271 e. The molecule has 0 saturated heterocycles. The maximum absolute atomic E-state index is 13.2. The van der Waals surface area contributed by atoms with Crippen molar-refractivity contribution >= 4 is 33.0 Å². The van der Waals surface area contributed by atoms with Crippen molar-refractivity contribution in [2.24, 2.45) is 0 Å². The largest absolute Gasteiger partial charge is 0.495 e. The molecule has 0 heterocycles. The molecule has 2 aromatic carbocycles. The predicted octanol–water partition coefficient (Wildman–Crippen LogP) is 2.54. The SMILES string of the molecule is COc1ccc([N+](=O)[O-])cc1NC(=O)[C@H](C)N(c1ccc(F)cc1)S(C)(=O)=O. The lowest BCUT2D eigenvalue weighted by atomic mass is 10.2. The van der Waals surface area contributed by atoms with E-state index in [1.165, 1.54) is 38.3 Å². The van der Waals surface area contributed by atoms with Gasteiger partial charge in [-0.3, -0.25) is 19.2 Å². The summed E-state index contributed by atoms with van der Waals surface area (Å²) in [6.07, 6.45) is 0.911. The van der Waals surface area contributed by atoms with Crippen molar-refractivity contribution in [1.29, 1.82) is 0 Å². The van der Waals surface area contributed by atoms with E-state index in [1.807, 2.05) is 0 Å². The highest BCUT2D eigenvalue weighted by molar-refractivity contribution is 7.92. The van der Waals surface area contributed by atoms with Gasteiger partial charge in [0.15, 0.2) is 0 Å². The summed E-state index contributed by atoms with van der Waals surface area (Å²) < 4.78 is 43.5. The van der Waals surface area contributed by atoms with E-state index in [1.54, 1.807) is 0 Å². The average Bonchev–Trinajstić information content (AvgIpc) is 2.62. The molecular formula is C17H18FN3O6S. The lowest BCUT2D eigenvalue weighted by Crippen LogP contribution is -2.45. The Balaban J connectivity index is 2.37. The van der Waals surface area contributed by atoms with Gasteiger partial charge in [-0.2, -0.15) is 0 Å². The fraction of sp³-hybridized carbons (Fsp3) is 0.235. The number of rotatable bonds is 7. The van der Waals surface area contributed by atoms with Crippen LogP contribution in [0.2, 0.25) is 0 Å². The first-order valence-corrected chi connectivity index (χ1v) is 9.77. The number of hydrogen-bond acceptors (Lipinski definition) is 6. The second-order valence-electron chi connectivity index (χ2n) is 5.84. The third-order valence-electron chi connectivity index (χ3n) is 3.82. The lowest BCUT2D eigenvalue weighted by molar-refractivity contribution is -0.384. The molecule has 28 heavy (non-hydrogen) atoms. The first kappa shape index (κ1) is 21.1. The summed E-state index contributed by atoms with van der Waals surface area (Å²) >= 11 is 0. The number of carbonyl (C=O) groups excluding carboxylic acids is 1. The molecule has 2 rings (SSSR count). The van der Waals surface area contributed by atoms with Crippen LogP contribution in [0.1, 0.15) is 6.92 Å².